The quantitative estimate of drug-likeness (QED) is 0.851. The van der Waals surface area contributed by atoms with Crippen molar-refractivity contribution in [3.8, 4) is 0 Å². The second kappa shape index (κ2) is 4.09. The van der Waals surface area contributed by atoms with Crippen molar-refractivity contribution >= 4 is 0 Å². The highest BCUT2D eigenvalue weighted by molar-refractivity contribution is 5.35. The Morgan fingerprint density at radius 2 is 1.82 bits per heavy atom. The van der Waals surface area contributed by atoms with Crippen LogP contribution < -0.4 is 0 Å². The summed E-state index contributed by atoms with van der Waals surface area (Å²) in [4.78, 5) is 0. The first kappa shape index (κ1) is 11.2. The number of benzene rings is 1. The largest absolute Gasteiger partial charge is 0.396 e. The van der Waals surface area contributed by atoms with Crippen LogP contribution in [-0.2, 0) is 5.41 Å². The molecule has 92 valence electrons. The summed E-state index contributed by atoms with van der Waals surface area (Å²) < 4.78 is 13.0. The van der Waals surface area contributed by atoms with E-state index >= 15 is 0 Å². The van der Waals surface area contributed by atoms with Gasteiger partial charge in [-0.1, -0.05) is 25.0 Å². The molecule has 1 N–H and O–H groups in total. The van der Waals surface area contributed by atoms with E-state index in [4.69, 9.17) is 0 Å². The van der Waals surface area contributed by atoms with Crippen molar-refractivity contribution in [2.24, 2.45) is 11.8 Å². The van der Waals surface area contributed by atoms with Crippen LogP contribution in [-0.4, -0.2) is 11.7 Å². The zero-order valence-corrected chi connectivity index (χ0v) is 10.0. The van der Waals surface area contributed by atoms with Gasteiger partial charge in [0.2, 0.25) is 0 Å². The first-order chi connectivity index (χ1) is 8.27. The maximum absolute atomic E-state index is 13.0. The topological polar surface area (TPSA) is 20.2 Å². The standard InChI is InChI=1S/C15H19FO/c16-14-7-5-12(6-8-14)15(9-13(15)10-17)11-3-1-2-4-11/h5-8,11,13,17H,1-4,9-10H2. The highest BCUT2D eigenvalue weighted by Gasteiger charge is 2.59. The lowest BCUT2D eigenvalue weighted by Crippen LogP contribution is -2.21. The second-order valence-corrected chi connectivity index (χ2v) is 5.61. The molecular formula is C15H19FO. The average Bonchev–Trinajstić information content (AvgIpc) is 2.84. The molecule has 2 saturated carbocycles. The molecule has 0 aromatic heterocycles. The van der Waals surface area contributed by atoms with E-state index in [2.05, 4.69) is 0 Å². The van der Waals surface area contributed by atoms with Gasteiger partial charge in [0.05, 0.1) is 0 Å². The molecule has 0 radical (unpaired) electrons. The van der Waals surface area contributed by atoms with Crippen molar-refractivity contribution in [2.45, 2.75) is 37.5 Å². The monoisotopic (exact) mass is 234 g/mol. The minimum atomic E-state index is -0.170. The molecule has 1 aromatic rings. The van der Waals surface area contributed by atoms with Gasteiger partial charge in [0.15, 0.2) is 0 Å². The van der Waals surface area contributed by atoms with Crippen LogP contribution in [0.15, 0.2) is 24.3 Å². The van der Waals surface area contributed by atoms with Gasteiger partial charge < -0.3 is 5.11 Å². The van der Waals surface area contributed by atoms with Gasteiger partial charge in [0.25, 0.3) is 0 Å². The van der Waals surface area contributed by atoms with E-state index in [0.717, 1.165) is 6.42 Å². The van der Waals surface area contributed by atoms with E-state index in [1.807, 2.05) is 12.1 Å². The van der Waals surface area contributed by atoms with Crippen molar-refractivity contribution in [1.82, 2.24) is 0 Å². The maximum Gasteiger partial charge on any atom is 0.123 e. The van der Waals surface area contributed by atoms with Crippen molar-refractivity contribution < 1.29 is 9.50 Å². The van der Waals surface area contributed by atoms with Crippen LogP contribution in [0.3, 0.4) is 0 Å². The van der Waals surface area contributed by atoms with Gasteiger partial charge in [-0.05, 0) is 48.8 Å². The highest BCUT2D eigenvalue weighted by atomic mass is 19.1. The van der Waals surface area contributed by atoms with Crippen LogP contribution >= 0.6 is 0 Å². The summed E-state index contributed by atoms with van der Waals surface area (Å²) in [6, 6.07) is 6.95. The molecule has 0 bridgehead atoms. The Morgan fingerprint density at radius 1 is 1.18 bits per heavy atom. The summed E-state index contributed by atoms with van der Waals surface area (Å²) in [7, 11) is 0. The number of hydrogen-bond acceptors (Lipinski definition) is 1. The lowest BCUT2D eigenvalue weighted by atomic mass is 9.79. The molecular weight excluding hydrogens is 215 g/mol. The van der Waals surface area contributed by atoms with Crippen LogP contribution in [0.25, 0.3) is 0 Å². The molecule has 2 aliphatic carbocycles. The van der Waals surface area contributed by atoms with Crippen molar-refractivity contribution in [1.29, 1.82) is 0 Å². The molecule has 2 atom stereocenters. The van der Waals surface area contributed by atoms with Gasteiger partial charge >= 0.3 is 0 Å². The van der Waals surface area contributed by atoms with Crippen molar-refractivity contribution in [2.75, 3.05) is 6.61 Å². The molecule has 0 saturated heterocycles. The minimum absolute atomic E-state index is 0.166. The molecule has 0 heterocycles. The third kappa shape index (κ3) is 1.70. The number of halogens is 1. The lowest BCUT2D eigenvalue weighted by Gasteiger charge is -2.25. The molecule has 2 fully saturated rings. The lowest BCUT2D eigenvalue weighted by molar-refractivity contribution is 0.246. The van der Waals surface area contributed by atoms with Crippen molar-refractivity contribution in [3.05, 3.63) is 35.6 Å². The molecule has 0 spiro atoms. The van der Waals surface area contributed by atoms with E-state index in [9.17, 15) is 9.50 Å². The summed E-state index contributed by atoms with van der Waals surface area (Å²) in [6.45, 7) is 0.272. The predicted molar refractivity (Wildman–Crippen MR) is 65.2 cm³/mol. The molecule has 0 aliphatic heterocycles. The Bertz CT molecular complexity index is 394. The summed E-state index contributed by atoms with van der Waals surface area (Å²) in [5.41, 5.74) is 1.41. The van der Waals surface area contributed by atoms with Gasteiger partial charge in [0.1, 0.15) is 5.82 Å². The average molecular weight is 234 g/mol. The van der Waals surface area contributed by atoms with Crippen LogP contribution in [0, 0.1) is 17.7 Å². The zero-order valence-electron chi connectivity index (χ0n) is 10.0. The molecule has 1 nitrogen and oxygen atoms in total. The van der Waals surface area contributed by atoms with Gasteiger partial charge in [-0.3, -0.25) is 0 Å². The summed E-state index contributed by atoms with van der Waals surface area (Å²) in [5, 5.41) is 9.44. The van der Waals surface area contributed by atoms with Crippen molar-refractivity contribution in [3.63, 3.8) is 0 Å². The van der Waals surface area contributed by atoms with Gasteiger partial charge in [0, 0.05) is 12.0 Å². The zero-order chi connectivity index (χ0) is 11.9. The molecule has 2 unspecified atom stereocenters. The Labute approximate surface area is 102 Å². The van der Waals surface area contributed by atoms with Crippen LogP contribution in [0.1, 0.15) is 37.7 Å². The Kier molecular flexibility index (Phi) is 2.70. The Balaban J connectivity index is 1.92. The predicted octanol–water partition coefficient (Wildman–Crippen LogP) is 3.27. The number of rotatable bonds is 3. The fourth-order valence-corrected chi connectivity index (χ4v) is 3.87. The molecule has 3 rings (SSSR count). The fourth-order valence-electron chi connectivity index (χ4n) is 3.87. The molecule has 2 heteroatoms. The van der Waals surface area contributed by atoms with Gasteiger partial charge in [-0.15, -0.1) is 0 Å². The van der Waals surface area contributed by atoms with Crippen LogP contribution in [0.2, 0.25) is 0 Å². The normalized spacial score (nSPS) is 32.9. The fraction of sp³-hybridized carbons (Fsp3) is 0.600. The number of aliphatic hydroxyl groups excluding tert-OH is 1. The van der Waals surface area contributed by atoms with Gasteiger partial charge in [-0.2, -0.15) is 0 Å². The van der Waals surface area contributed by atoms with Crippen LogP contribution in [0.4, 0.5) is 4.39 Å². The third-order valence-corrected chi connectivity index (χ3v) is 4.84. The molecule has 1 aromatic carbocycles. The molecule has 2 aliphatic rings. The first-order valence-electron chi connectivity index (χ1n) is 6.64. The van der Waals surface area contributed by atoms with E-state index in [1.54, 1.807) is 12.1 Å². The minimum Gasteiger partial charge on any atom is -0.396 e. The summed E-state index contributed by atoms with van der Waals surface area (Å²) >= 11 is 0. The van der Waals surface area contributed by atoms with E-state index < -0.39 is 0 Å². The Hall–Kier alpha value is -0.890. The Morgan fingerprint density at radius 3 is 2.35 bits per heavy atom. The van der Waals surface area contributed by atoms with E-state index in [1.165, 1.54) is 31.2 Å². The summed E-state index contributed by atoms with van der Waals surface area (Å²) in [6.07, 6.45) is 6.25. The highest BCUT2D eigenvalue weighted by Crippen LogP contribution is 2.62. The molecule has 0 amide bonds. The molecule has 17 heavy (non-hydrogen) atoms. The maximum atomic E-state index is 13.0. The smallest absolute Gasteiger partial charge is 0.123 e. The van der Waals surface area contributed by atoms with E-state index in [-0.39, 0.29) is 17.8 Å². The van der Waals surface area contributed by atoms with Crippen LogP contribution in [0.5, 0.6) is 0 Å². The van der Waals surface area contributed by atoms with Gasteiger partial charge in [-0.25, -0.2) is 4.39 Å². The number of aliphatic hydroxyl groups is 1. The second-order valence-electron chi connectivity index (χ2n) is 5.61. The third-order valence-electron chi connectivity index (χ3n) is 4.84. The SMILES string of the molecule is OCC1CC1(c1ccc(F)cc1)C1CCCC1. The summed E-state index contributed by atoms with van der Waals surface area (Å²) in [5.74, 6) is 0.928. The first-order valence-corrected chi connectivity index (χ1v) is 6.64. The van der Waals surface area contributed by atoms with E-state index in [0.29, 0.717) is 11.8 Å². The number of hydrogen-bond donors (Lipinski definition) is 1.